The number of aromatic nitrogens is 4. The van der Waals surface area contributed by atoms with Gasteiger partial charge in [-0.25, -0.2) is 9.78 Å². The van der Waals surface area contributed by atoms with Gasteiger partial charge in [-0.2, -0.15) is 4.98 Å². The fraction of sp³-hybridized carbons (Fsp3) is 0.312. The molecular weight excluding hydrogens is 363 g/mol. The summed E-state index contributed by atoms with van der Waals surface area (Å²) < 4.78 is 1.51. The summed E-state index contributed by atoms with van der Waals surface area (Å²) in [5.74, 6) is 0.467. The maximum Gasteiger partial charge on any atom is 0.328 e. The Kier molecular flexibility index (Phi) is 5.57. The summed E-state index contributed by atoms with van der Waals surface area (Å²) in [6.07, 6.45) is 3.44. The average molecular weight is 381 g/mol. The van der Waals surface area contributed by atoms with Crippen molar-refractivity contribution in [3.05, 3.63) is 50.5 Å². The molecule has 0 aliphatic carbocycles. The third-order valence-corrected chi connectivity index (χ3v) is 4.64. The molecule has 0 saturated carbocycles. The number of halogens is 2. The van der Waals surface area contributed by atoms with Crippen molar-refractivity contribution >= 4 is 40.3 Å². The van der Waals surface area contributed by atoms with Crippen molar-refractivity contribution in [2.45, 2.75) is 19.4 Å². The molecule has 1 aromatic carbocycles. The Labute approximate surface area is 154 Å². The number of imidazole rings is 1. The third-order valence-electron chi connectivity index (χ3n) is 3.79. The van der Waals surface area contributed by atoms with Gasteiger partial charge in [0.1, 0.15) is 5.52 Å². The van der Waals surface area contributed by atoms with E-state index in [1.54, 1.807) is 18.3 Å². The number of nitrogens with one attached hydrogen (secondary N) is 2. The minimum Gasteiger partial charge on any atom is -0.354 e. The van der Waals surface area contributed by atoms with Crippen molar-refractivity contribution < 1.29 is 0 Å². The van der Waals surface area contributed by atoms with Crippen LogP contribution in [0.4, 0.5) is 5.95 Å². The lowest BCUT2D eigenvalue weighted by Gasteiger charge is -2.08. The van der Waals surface area contributed by atoms with Crippen molar-refractivity contribution in [1.29, 1.82) is 0 Å². The zero-order valence-electron chi connectivity index (χ0n) is 13.4. The van der Waals surface area contributed by atoms with Gasteiger partial charge in [0.2, 0.25) is 5.95 Å². The van der Waals surface area contributed by atoms with Crippen LogP contribution in [0.1, 0.15) is 18.4 Å². The second-order valence-corrected chi connectivity index (χ2v) is 6.37. The molecule has 7 nitrogen and oxygen atoms in total. The summed E-state index contributed by atoms with van der Waals surface area (Å²) in [6.45, 7) is 1.64. The first-order valence-corrected chi connectivity index (χ1v) is 8.68. The predicted octanol–water partition coefficient (Wildman–Crippen LogP) is 2.63. The Balaban J connectivity index is 1.90. The maximum absolute atomic E-state index is 12.3. The molecule has 9 heteroatoms. The van der Waals surface area contributed by atoms with Gasteiger partial charge in [0.15, 0.2) is 5.65 Å². The van der Waals surface area contributed by atoms with E-state index in [-0.39, 0.29) is 12.2 Å². The Morgan fingerprint density at radius 3 is 2.92 bits per heavy atom. The number of anilines is 1. The Bertz CT molecular complexity index is 936. The molecule has 0 amide bonds. The Morgan fingerprint density at radius 2 is 2.12 bits per heavy atom. The van der Waals surface area contributed by atoms with E-state index in [1.165, 1.54) is 4.57 Å². The summed E-state index contributed by atoms with van der Waals surface area (Å²) in [7, 11) is 0. The normalized spacial score (nSPS) is 11.2. The van der Waals surface area contributed by atoms with Crippen molar-refractivity contribution in [2.75, 3.05) is 18.4 Å². The molecular formula is C16H18Cl2N6O. The van der Waals surface area contributed by atoms with Gasteiger partial charge in [0.05, 0.1) is 22.8 Å². The first-order valence-electron chi connectivity index (χ1n) is 7.92. The van der Waals surface area contributed by atoms with Crippen LogP contribution >= 0.6 is 23.2 Å². The van der Waals surface area contributed by atoms with Gasteiger partial charge in [0.25, 0.3) is 0 Å². The molecule has 0 atom stereocenters. The second-order valence-electron chi connectivity index (χ2n) is 5.58. The van der Waals surface area contributed by atoms with E-state index in [1.807, 2.05) is 6.07 Å². The largest absolute Gasteiger partial charge is 0.354 e. The highest BCUT2D eigenvalue weighted by Crippen LogP contribution is 2.26. The molecule has 3 rings (SSSR count). The molecule has 3 aromatic rings. The van der Waals surface area contributed by atoms with Gasteiger partial charge in [0, 0.05) is 6.54 Å². The number of unbranched alkanes of at least 4 members (excludes halogenated alkanes) is 1. The SMILES string of the molecule is NCCCCNc1ncc2[nH]c(=O)n(Cc3cccc(Cl)c3Cl)c2n1. The van der Waals surface area contributed by atoms with Gasteiger partial charge < -0.3 is 16.0 Å². The minimum absolute atomic E-state index is 0.266. The molecule has 2 aromatic heterocycles. The Morgan fingerprint density at radius 1 is 1.28 bits per heavy atom. The topological polar surface area (TPSA) is 102 Å². The van der Waals surface area contributed by atoms with Crippen LogP contribution in [-0.4, -0.2) is 32.6 Å². The van der Waals surface area contributed by atoms with E-state index in [0.717, 1.165) is 24.9 Å². The van der Waals surface area contributed by atoms with Gasteiger partial charge in [-0.3, -0.25) is 4.57 Å². The zero-order valence-corrected chi connectivity index (χ0v) is 14.9. The monoisotopic (exact) mass is 380 g/mol. The van der Waals surface area contributed by atoms with Crippen LogP contribution in [0.2, 0.25) is 10.0 Å². The summed E-state index contributed by atoms with van der Waals surface area (Å²) in [5.41, 5.74) is 7.02. The molecule has 0 aliphatic heterocycles. The summed E-state index contributed by atoms with van der Waals surface area (Å²) in [6, 6.07) is 5.33. The fourth-order valence-corrected chi connectivity index (χ4v) is 2.87. The zero-order chi connectivity index (χ0) is 17.8. The van der Waals surface area contributed by atoms with E-state index >= 15 is 0 Å². The molecule has 0 radical (unpaired) electrons. The summed E-state index contributed by atoms with van der Waals surface area (Å²) in [4.78, 5) is 23.7. The smallest absolute Gasteiger partial charge is 0.328 e. The number of fused-ring (bicyclic) bond motifs is 1. The lowest BCUT2D eigenvalue weighted by Crippen LogP contribution is -2.18. The van der Waals surface area contributed by atoms with E-state index in [0.29, 0.717) is 33.7 Å². The first kappa shape index (κ1) is 17.7. The number of aromatic amines is 1. The van der Waals surface area contributed by atoms with E-state index in [9.17, 15) is 4.79 Å². The van der Waals surface area contributed by atoms with E-state index in [2.05, 4.69) is 20.3 Å². The van der Waals surface area contributed by atoms with Crippen LogP contribution in [-0.2, 0) is 6.54 Å². The standard InChI is InChI=1S/C16H18Cl2N6O/c17-11-5-3-4-10(13(11)18)9-24-14-12(22-16(24)25)8-21-15(23-14)20-7-2-1-6-19/h3-5,8H,1-2,6-7,9,19H2,(H,22,25)(H,20,21,23). The Hall–Kier alpha value is -2.09. The lowest BCUT2D eigenvalue weighted by molar-refractivity contribution is 0.765. The number of nitrogens with two attached hydrogens (primary N) is 1. The molecule has 0 fully saturated rings. The molecule has 0 spiro atoms. The van der Waals surface area contributed by atoms with E-state index in [4.69, 9.17) is 28.9 Å². The van der Waals surface area contributed by atoms with Gasteiger partial charge >= 0.3 is 5.69 Å². The van der Waals surface area contributed by atoms with Crippen LogP contribution < -0.4 is 16.7 Å². The second kappa shape index (κ2) is 7.86. The molecule has 2 heterocycles. The minimum atomic E-state index is -0.277. The number of rotatable bonds is 7. The molecule has 0 saturated heterocycles. The van der Waals surface area contributed by atoms with Crippen molar-refractivity contribution in [2.24, 2.45) is 5.73 Å². The number of nitrogens with zero attached hydrogens (tertiary/aromatic N) is 3. The number of hydrogen-bond acceptors (Lipinski definition) is 5. The van der Waals surface area contributed by atoms with Gasteiger partial charge in [-0.15, -0.1) is 0 Å². The van der Waals surface area contributed by atoms with Crippen LogP contribution in [0, 0.1) is 0 Å². The molecule has 25 heavy (non-hydrogen) atoms. The molecule has 0 unspecified atom stereocenters. The van der Waals surface area contributed by atoms with Crippen molar-refractivity contribution in [1.82, 2.24) is 19.5 Å². The fourth-order valence-electron chi connectivity index (χ4n) is 2.49. The highest BCUT2D eigenvalue weighted by atomic mass is 35.5. The van der Waals surface area contributed by atoms with Gasteiger partial charge in [-0.05, 0) is 31.0 Å². The van der Waals surface area contributed by atoms with Crippen molar-refractivity contribution in [3.8, 4) is 0 Å². The number of H-pyrrole nitrogens is 1. The third kappa shape index (κ3) is 3.95. The highest BCUT2D eigenvalue weighted by Gasteiger charge is 2.13. The van der Waals surface area contributed by atoms with Crippen molar-refractivity contribution in [3.63, 3.8) is 0 Å². The van der Waals surface area contributed by atoms with Crippen LogP contribution in [0.5, 0.6) is 0 Å². The number of hydrogen-bond donors (Lipinski definition) is 3. The number of benzene rings is 1. The lowest BCUT2D eigenvalue weighted by atomic mass is 10.2. The quantitative estimate of drug-likeness (QED) is 0.546. The van der Waals surface area contributed by atoms with E-state index < -0.39 is 0 Å². The molecule has 4 N–H and O–H groups in total. The summed E-state index contributed by atoms with van der Waals surface area (Å²) >= 11 is 12.3. The predicted molar refractivity (Wildman–Crippen MR) is 100 cm³/mol. The molecule has 132 valence electrons. The highest BCUT2D eigenvalue weighted by molar-refractivity contribution is 6.42. The molecule has 0 aliphatic rings. The maximum atomic E-state index is 12.3. The van der Waals surface area contributed by atoms with Crippen LogP contribution in [0.25, 0.3) is 11.2 Å². The first-order chi connectivity index (χ1) is 12.1. The summed E-state index contributed by atoms with van der Waals surface area (Å²) in [5, 5.41) is 4.02. The average Bonchev–Trinajstić information content (AvgIpc) is 2.91. The van der Waals surface area contributed by atoms with Crippen LogP contribution in [0.15, 0.2) is 29.2 Å². The van der Waals surface area contributed by atoms with Crippen LogP contribution in [0.3, 0.4) is 0 Å². The van der Waals surface area contributed by atoms with Gasteiger partial charge in [-0.1, -0.05) is 35.3 Å². The molecule has 0 bridgehead atoms.